The molecule has 0 aromatic heterocycles. The van der Waals surface area contributed by atoms with Gasteiger partial charge in [-0.15, -0.1) is 6.58 Å². The number of nitrogens with zero attached hydrogens (tertiary/aromatic N) is 1. The van der Waals surface area contributed by atoms with Crippen molar-refractivity contribution in [1.29, 1.82) is 0 Å². The average Bonchev–Trinajstić information content (AvgIpc) is 2.55. The molecule has 0 amide bonds. The van der Waals surface area contributed by atoms with Crippen molar-refractivity contribution in [3.63, 3.8) is 0 Å². The molecule has 1 saturated heterocycles. The second-order valence-electron chi connectivity index (χ2n) is 6.07. The molecule has 1 fully saturated rings. The van der Waals surface area contributed by atoms with E-state index in [0.717, 1.165) is 51.5 Å². The first-order valence-electron chi connectivity index (χ1n) is 8.36. The van der Waals surface area contributed by atoms with Gasteiger partial charge in [-0.1, -0.05) is 30.2 Å². The number of unbranched alkanes of at least 4 members (excludes halogenated alkanes) is 2. The van der Waals surface area contributed by atoms with Crippen LogP contribution in [0.2, 0.25) is 5.02 Å². The van der Waals surface area contributed by atoms with Crippen LogP contribution in [0, 0.1) is 0 Å². The summed E-state index contributed by atoms with van der Waals surface area (Å²) >= 11 is 6.23. The number of allylic oxidation sites excluding steroid dienone is 1. The highest BCUT2D eigenvalue weighted by Crippen LogP contribution is 2.41. The third kappa shape index (κ3) is 4.98. The molecule has 0 radical (unpaired) electrons. The highest BCUT2D eigenvalue weighted by Gasteiger charge is 2.37. The molecular weight excluding hydrogens is 337 g/mol. The smallest absolute Gasteiger partial charge is 0.314 e. The first-order chi connectivity index (χ1) is 11.4. The second-order valence-corrected chi connectivity index (χ2v) is 6.48. The average molecular weight is 361 g/mol. The van der Waals surface area contributed by atoms with E-state index in [2.05, 4.69) is 16.8 Å². The molecule has 1 atom stereocenters. The summed E-state index contributed by atoms with van der Waals surface area (Å²) in [5, 5.41) is 3.45. The molecular formula is C18H24ClF3N2. The van der Waals surface area contributed by atoms with E-state index in [-0.39, 0.29) is 16.6 Å². The number of hydrogen-bond acceptors (Lipinski definition) is 2. The maximum atomic E-state index is 13.5. The van der Waals surface area contributed by atoms with Crippen molar-refractivity contribution in [1.82, 2.24) is 10.2 Å². The minimum absolute atomic E-state index is 0.206. The number of nitrogens with one attached hydrogen (secondary N) is 1. The topological polar surface area (TPSA) is 15.3 Å². The van der Waals surface area contributed by atoms with Gasteiger partial charge in [0.1, 0.15) is 0 Å². The summed E-state index contributed by atoms with van der Waals surface area (Å²) in [6.45, 7) is 6.73. The Labute approximate surface area is 146 Å². The highest BCUT2D eigenvalue weighted by molar-refractivity contribution is 6.31. The first kappa shape index (κ1) is 19.3. The maximum Gasteiger partial charge on any atom is 0.416 e. The molecule has 2 nitrogen and oxygen atoms in total. The molecule has 1 aliphatic heterocycles. The Morgan fingerprint density at radius 2 is 1.96 bits per heavy atom. The van der Waals surface area contributed by atoms with Crippen LogP contribution in [0.3, 0.4) is 0 Å². The summed E-state index contributed by atoms with van der Waals surface area (Å²) in [6, 6.07) is 3.77. The molecule has 1 heterocycles. The van der Waals surface area contributed by atoms with E-state index in [9.17, 15) is 13.2 Å². The normalized spacial score (nSPS) is 17.7. The zero-order chi connectivity index (χ0) is 17.6. The zero-order valence-electron chi connectivity index (χ0n) is 13.7. The fourth-order valence-electron chi connectivity index (χ4n) is 3.25. The largest absolute Gasteiger partial charge is 0.416 e. The van der Waals surface area contributed by atoms with Crippen LogP contribution in [-0.2, 0) is 6.18 Å². The standard InChI is InChI=1S/C18H24ClF3N2/c1-2-3-4-5-9-16(24-12-10-23-11-13-24)17-14(18(20,21)22)7-6-8-15(17)19/h2,6-8,16,23H,1,3-5,9-13H2/t16-/m0/s1. The van der Waals surface area contributed by atoms with Gasteiger partial charge < -0.3 is 5.32 Å². The van der Waals surface area contributed by atoms with E-state index < -0.39 is 11.7 Å². The van der Waals surface area contributed by atoms with Gasteiger partial charge in [-0.25, -0.2) is 0 Å². The molecule has 0 aliphatic carbocycles. The van der Waals surface area contributed by atoms with E-state index in [1.165, 1.54) is 6.07 Å². The van der Waals surface area contributed by atoms with Gasteiger partial charge >= 0.3 is 6.18 Å². The Kier molecular flexibility index (Phi) is 7.14. The van der Waals surface area contributed by atoms with E-state index in [1.54, 1.807) is 6.07 Å². The van der Waals surface area contributed by atoms with Gasteiger partial charge in [0, 0.05) is 42.8 Å². The van der Waals surface area contributed by atoms with Crippen LogP contribution < -0.4 is 5.32 Å². The van der Waals surface area contributed by atoms with Gasteiger partial charge in [-0.2, -0.15) is 13.2 Å². The van der Waals surface area contributed by atoms with Crippen molar-refractivity contribution in [3.05, 3.63) is 47.0 Å². The zero-order valence-corrected chi connectivity index (χ0v) is 14.5. The molecule has 2 rings (SSSR count). The minimum Gasteiger partial charge on any atom is -0.314 e. The molecule has 134 valence electrons. The third-order valence-corrected chi connectivity index (χ3v) is 4.75. The van der Waals surface area contributed by atoms with Crippen molar-refractivity contribution in [3.8, 4) is 0 Å². The summed E-state index contributed by atoms with van der Waals surface area (Å²) in [6.07, 6.45) is 0.773. The Morgan fingerprint density at radius 1 is 1.25 bits per heavy atom. The third-order valence-electron chi connectivity index (χ3n) is 4.42. The predicted molar refractivity (Wildman–Crippen MR) is 92.3 cm³/mol. The number of rotatable bonds is 7. The fraction of sp³-hybridized carbons (Fsp3) is 0.556. The van der Waals surface area contributed by atoms with Crippen LogP contribution in [0.5, 0.6) is 0 Å². The fourth-order valence-corrected chi connectivity index (χ4v) is 3.55. The Bertz CT molecular complexity index is 540. The van der Waals surface area contributed by atoms with Crippen LogP contribution in [-0.4, -0.2) is 31.1 Å². The Morgan fingerprint density at radius 3 is 2.58 bits per heavy atom. The summed E-state index contributed by atoms with van der Waals surface area (Å²) < 4.78 is 40.5. The summed E-state index contributed by atoms with van der Waals surface area (Å²) in [4.78, 5) is 2.13. The summed E-state index contributed by atoms with van der Waals surface area (Å²) in [7, 11) is 0. The lowest BCUT2D eigenvalue weighted by molar-refractivity contribution is -0.138. The highest BCUT2D eigenvalue weighted by atomic mass is 35.5. The molecule has 1 aliphatic rings. The predicted octanol–water partition coefficient (Wildman–Crippen LogP) is 5.05. The molecule has 0 unspecified atom stereocenters. The number of halogens is 4. The van der Waals surface area contributed by atoms with Gasteiger partial charge in [0.05, 0.1) is 5.56 Å². The van der Waals surface area contributed by atoms with Gasteiger partial charge in [-0.3, -0.25) is 4.90 Å². The Hall–Kier alpha value is -1.04. The van der Waals surface area contributed by atoms with E-state index in [0.29, 0.717) is 6.42 Å². The van der Waals surface area contributed by atoms with Gasteiger partial charge in [0.15, 0.2) is 0 Å². The number of benzene rings is 1. The lowest BCUT2D eigenvalue weighted by Gasteiger charge is -2.37. The first-order valence-corrected chi connectivity index (χ1v) is 8.74. The molecule has 24 heavy (non-hydrogen) atoms. The van der Waals surface area contributed by atoms with Crippen LogP contribution in [0.25, 0.3) is 0 Å². The van der Waals surface area contributed by atoms with Gasteiger partial charge in [-0.05, 0) is 31.4 Å². The summed E-state index contributed by atoms with van der Waals surface area (Å²) in [5.74, 6) is 0. The second kappa shape index (κ2) is 8.88. The minimum atomic E-state index is -4.40. The van der Waals surface area contributed by atoms with Crippen molar-refractivity contribution in [2.45, 2.75) is 37.9 Å². The monoisotopic (exact) mass is 360 g/mol. The molecule has 6 heteroatoms. The molecule has 1 aromatic carbocycles. The molecule has 1 aromatic rings. The van der Waals surface area contributed by atoms with Gasteiger partial charge in [0.25, 0.3) is 0 Å². The van der Waals surface area contributed by atoms with Crippen LogP contribution in [0.1, 0.15) is 42.9 Å². The van der Waals surface area contributed by atoms with Crippen LogP contribution in [0.15, 0.2) is 30.9 Å². The van der Waals surface area contributed by atoms with Gasteiger partial charge in [0.2, 0.25) is 0 Å². The van der Waals surface area contributed by atoms with Crippen molar-refractivity contribution < 1.29 is 13.2 Å². The van der Waals surface area contributed by atoms with Crippen molar-refractivity contribution in [2.75, 3.05) is 26.2 Å². The van der Waals surface area contributed by atoms with Crippen LogP contribution in [0.4, 0.5) is 13.2 Å². The number of hydrogen-bond donors (Lipinski definition) is 1. The van der Waals surface area contributed by atoms with E-state index in [1.807, 2.05) is 6.08 Å². The lowest BCUT2D eigenvalue weighted by atomic mass is 9.93. The number of piperazine rings is 1. The SMILES string of the molecule is C=CCCCC[C@@H](c1c(Cl)cccc1C(F)(F)F)N1CCNCC1. The molecule has 0 bridgehead atoms. The van der Waals surface area contributed by atoms with Crippen LogP contribution >= 0.6 is 11.6 Å². The Balaban J connectivity index is 2.33. The van der Waals surface area contributed by atoms with E-state index in [4.69, 9.17) is 11.6 Å². The summed E-state index contributed by atoms with van der Waals surface area (Å²) in [5.41, 5.74) is -0.380. The van der Waals surface area contributed by atoms with Crippen molar-refractivity contribution in [2.24, 2.45) is 0 Å². The quantitative estimate of drug-likeness (QED) is 0.540. The molecule has 0 spiro atoms. The molecule has 1 N–H and O–H groups in total. The maximum absolute atomic E-state index is 13.5. The lowest BCUT2D eigenvalue weighted by Crippen LogP contribution is -2.45. The molecule has 0 saturated carbocycles. The van der Waals surface area contributed by atoms with E-state index >= 15 is 0 Å². The van der Waals surface area contributed by atoms with Crippen molar-refractivity contribution >= 4 is 11.6 Å². The number of alkyl halides is 3.